The van der Waals surface area contributed by atoms with Crippen molar-refractivity contribution in [1.82, 2.24) is 10.2 Å². The van der Waals surface area contributed by atoms with E-state index in [0.717, 1.165) is 12.8 Å². The topological polar surface area (TPSA) is 95.9 Å². The molecule has 2 amide bonds. The molecule has 0 spiro atoms. The molecule has 4 aliphatic rings. The van der Waals surface area contributed by atoms with Crippen molar-refractivity contribution in [2.24, 2.45) is 23.2 Å². The molecule has 2 saturated carbocycles. The minimum Gasteiger partial charge on any atom is -0.481 e. The number of carbonyl (C=O) groups is 3. The maximum absolute atomic E-state index is 13.3. The van der Waals surface area contributed by atoms with Crippen LogP contribution in [0.5, 0.6) is 0 Å². The number of carbonyl (C=O) groups excluding carboxylic acids is 2. The molecule has 35 heavy (non-hydrogen) atoms. The number of aliphatic carboxylic acids is 1. The van der Waals surface area contributed by atoms with Crippen LogP contribution >= 0.6 is 0 Å². The van der Waals surface area contributed by atoms with E-state index in [0.29, 0.717) is 13.0 Å². The standard InChI is InChI=1S/C28H30N2O5/c1-16-13-30(14-23(16)25(31)32)26(33)28-11-17(28)10-18(12-28)29-27(34)35-15-24-21-8-4-2-6-19(21)20-7-3-5-9-22(20)24/h2-9,16-18,23-24H,10-15H2,1H3,(H,29,34)(H,31,32). The van der Waals surface area contributed by atoms with Crippen molar-refractivity contribution in [2.45, 2.75) is 38.1 Å². The highest BCUT2D eigenvalue weighted by Crippen LogP contribution is 2.64. The van der Waals surface area contributed by atoms with E-state index >= 15 is 0 Å². The molecule has 6 rings (SSSR count). The molecule has 0 aromatic heterocycles. The molecule has 1 aliphatic heterocycles. The number of carboxylic acids is 1. The second kappa shape index (κ2) is 8.11. The van der Waals surface area contributed by atoms with Gasteiger partial charge in [-0.3, -0.25) is 9.59 Å². The van der Waals surface area contributed by atoms with E-state index in [1.54, 1.807) is 4.90 Å². The SMILES string of the molecule is CC1CN(C(=O)C23CC(NC(=O)OCC4c5ccccc5-c5ccccc54)CC2C3)CC1C(=O)O. The molecule has 2 aromatic carbocycles. The lowest BCUT2D eigenvalue weighted by Gasteiger charge is -2.23. The first-order valence-electron chi connectivity index (χ1n) is 12.5. The molecule has 1 heterocycles. The molecule has 0 bridgehead atoms. The van der Waals surface area contributed by atoms with Gasteiger partial charge in [0.15, 0.2) is 0 Å². The number of alkyl carbamates (subject to hydrolysis) is 1. The number of ether oxygens (including phenoxy) is 1. The highest BCUT2D eigenvalue weighted by molar-refractivity contribution is 5.88. The number of nitrogens with one attached hydrogen (secondary N) is 1. The highest BCUT2D eigenvalue weighted by atomic mass is 16.5. The van der Waals surface area contributed by atoms with Gasteiger partial charge in [0, 0.05) is 25.0 Å². The molecule has 5 atom stereocenters. The molecule has 2 N–H and O–H groups in total. The van der Waals surface area contributed by atoms with Crippen LogP contribution < -0.4 is 5.32 Å². The molecule has 0 radical (unpaired) electrons. The Morgan fingerprint density at radius 3 is 2.31 bits per heavy atom. The van der Waals surface area contributed by atoms with Gasteiger partial charge in [-0.1, -0.05) is 55.5 Å². The Balaban J connectivity index is 1.06. The third kappa shape index (κ3) is 3.60. The Hall–Kier alpha value is -3.35. The molecule has 3 aliphatic carbocycles. The van der Waals surface area contributed by atoms with E-state index in [-0.39, 0.29) is 42.9 Å². The highest BCUT2D eigenvalue weighted by Gasteiger charge is 2.66. The van der Waals surface area contributed by atoms with Crippen LogP contribution in [0.2, 0.25) is 0 Å². The number of nitrogens with zero attached hydrogens (tertiary/aromatic N) is 1. The van der Waals surface area contributed by atoms with Gasteiger partial charge in [-0.25, -0.2) is 4.79 Å². The lowest BCUT2D eigenvalue weighted by Crippen LogP contribution is -2.39. The van der Waals surface area contributed by atoms with E-state index in [1.165, 1.54) is 22.3 Å². The lowest BCUT2D eigenvalue weighted by atomic mass is 9.98. The van der Waals surface area contributed by atoms with E-state index in [9.17, 15) is 19.5 Å². The number of fused-ring (bicyclic) bond motifs is 4. The van der Waals surface area contributed by atoms with Crippen LogP contribution in [0, 0.1) is 23.2 Å². The fraction of sp³-hybridized carbons (Fsp3) is 0.464. The Kier molecular flexibility index (Phi) is 5.13. The summed E-state index contributed by atoms with van der Waals surface area (Å²) < 4.78 is 5.69. The number of rotatable bonds is 5. The number of carboxylic acid groups (broad SMARTS) is 1. The summed E-state index contributed by atoms with van der Waals surface area (Å²) in [4.78, 5) is 39.2. The van der Waals surface area contributed by atoms with Crippen LogP contribution in [0.3, 0.4) is 0 Å². The summed E-state index contributed by atoms with van der Waals surface area (Å²) in [6, 6.07) is 16.4. The van der Waals surface area contributed by atoms with Crippen molar-refractivity contribution in [2.75, 3.05) is 19.7 Å². The maximum Gasteiger partial charge on any atom is 0.407 e. The van der Waals surface area contributed by atoms with Gasteiger partial charge in [0.25, 0.3) is 0 Å². The second-order valence-corrected chi connectivity index (χ2v) is 10.8. The smallest absolute Gasteiger partial charge is 0.407 e. The fourth-order valence-corrected chi connectivity index (χ4v) is 6.84. The average molecular weight is 475 g/mol. The van der Waals surface area contributed by atoms with Gasteiger partial charge in [0.2, 0.25) is 5.91 Å². The quantitative estimate of drug-likeness (QED) is 0.686. The van der Waals surface area contributed by atoms with E-state index in [1.807, 2.05) is 31.2 Å². The van der Waals surface area contributed by atoms with Gasteiger partial charge in [0.1, 0.15) is 6.61 Å². The summed E-state index contributed by atoms with van der Waals surface area (Å²) in [6.07, 6.45) is 1.75. The summed E-state index contributed by atoms with van der Waals surface area (Å²) in [5.74, 6) is -1.04. The zero-order chi connectivity index (χ0) is 24.3. The number of hydrogen-bond donors (Lipinski definition) is 2. The summed E-state index contributed by atoms with van der Waals surface area (Å²) in [5.41, 5.74) is 4.29. The van der Waals surface area contributed by atoms with Crippen LogP contribution in [0.1, 0.15) is 43.2 Å². The predicted molar refractivity (Wildman–Crippen MR) is 129 cm³/mol. The van der Waals surface area contributed by atoms with Crippen molar-refractivity contribution in [3.63, 3.8) is 0 Å². The summed E-state index contributed by atoms with van der Waals surface area (Å²) in [5, 5.41) is 12.4. The van der Waals surface area contributed by atoms with Gasteiger partial charge < -0.3 is 20.1 Å². The first kappa shape index (κ1) is 22.1. The van der Waals surface area contributed by atoms with E-state index in [4.69, 9.17) is 4.74 Å². The van der Waals surface area contributed by atoms with Crippen LogP contribution in [-0.2, 0) is 14.3 Å². The lowest BCUT2D eigenvalue weighted by molar-refractivity contribution is -0.142. The number of benzene rings is 2. The Bertz CT molecular complexity index is 1170. The minimum atomic E-state index is -0.834. The van der Waals surface area contributed by atoms with Crippen molar-refractivity contribution in [1.29, 1.82) is 0 Å². The molecule has 1 saturated heterocycles. The van der Waals surface area contributed by atoms with Gasteiger partial charge in [0.05, 0.1) is 11.3 Å². The minimum absolute atomic E-state index is 0.0115. The number of likely N-dealkylation sites (tertiary alicyclic amines) is 1. The molecular formula is C28H30N2O5. The van der Waals surface area contributed by atoms with Crippen molar-refractivity contribution in [3.8, 4) is 11.1 Å². The molecule has 182 valence electrons. The monoisotopic (exact) mass is 474 g/mol. The first-order valence-corrected chi connectivity index (χ1v) is 12.5. The Labute approximate surface area is 204 Å². The van der Waals surface area contributed by atoms with Crippen molar-refractivity contribution in [3.05, 3.63) is 59.7 Å². The third-order valence-corrected chi connectivity index (χ3v) is 8.72. The molecule has 5 unspecified atom stereocenters. The maximum atomic E-state index is 13.3. The number of hydrogen-bond acceptors (Lipinski definition) is 4. The first-order chi connectivity index (χ1) is 16.9. The zero-order valence-electron chi connectivity index (χ0n) is 19.8. The molecule has 2 aromatic rings. The second-order valence-electron chi connectivity index (χ2n) is 10.8. The van der Waals surface area contributed by atoms with Crippen LogP contribution in [-0.4, -0.2) is 53.7 Å². The van der Waals surface area contributed by atoms with Crippen LogP contribution in [0.15, 0.2) is 48.5 Å². The Morgan fingerprint density at radius 1 is 1.03 bits per heavy atom. The van der Waals surface area contributed by atoms with Crippen LogP contribution in [0.4, 0.5) is 4.79 Å². The number of amides is 2. The summed E-state index contributed by atoms with van der Waals surface area (Å²) in [6.45, 7) is 2.94. The summed E-state index contributed by atoms with van der Waals surface area (Å²) in [7, 11) is 0. The third-order valence-electron chi connectivity index (χ3n) is 8.72. The normalized spacial score (nSPS) is 30.4. The molecule has 7 nitrogen and oxygen atoms in total. The summed E-state index contributed by atoms with van der Waals surface area (Å²) >= 11 is 0. The largest absolute Gasteiger partial charge is 0.481 e. The molecule has 7 heteroatoms. The molecular weight excluding hydrogens is 444 g/mol. The van der Waals surface area contributed by atoms with Gasteiger partial charge in [-0.05, 0) is 53.4 Å². The van der Waals surface area contributed by atoms with Crippen LogP contribution in [0.25, 0.3) is 11.1 Å². The predicted octanol–water partition coefficient (Wildman–Crippen LogP) is 3.87. The van der Waals surface area contributed by atoms with Gasteiger partial charge in [-0.15, -0.1) is 0 Å². The molecule has 3 fully saturated rings. The van der Waals surface area contributed by atoms with E-state index in [2.05, 4.69) is 29.6 Å². The van der Waals surface area contributed by atoms with Gasteiger partial charge in [-0.2, -0.15) is 0 Å². The Morgan fingerprint density at radius 2 is 1.69 bits per heavy atom. The fourth-order valence-electron chi connectivity index (χ4n) is 6.84. The zero-order valence-corrected chi connectivity index (χ0v) is 19.8. The van der Waals surface area contributed by atoms with Crippen molar-refractivity contribution < 1.29 is 24.2 Å². The van der Waals surface area contributed by atoms with Gasteiger partial charge >= 0.3 is 12.1 Å². The van der Waals surface area contributed by atoms with E-state index < -0.39 is 23.4 Å². The van der Waals surface area contributed by atoms with Crippen molar-refractivity contribution >= 4 is 18.0 Å². The average Bonchev–Trinajstić information content (AvgIpc) is 3.12.